The second-order valence-electron chi connectivity index (χ2n) is 7.89. The smallest absolute Gasteiger partial charge is 0.302 e. The maximum absolute atomic E-state index is 11.4. The van der Waals surface area contributed by atoms with Crippen LogP contribution in [0.5, 0.6) is 0 Å². The molecule has 0 bridgehead atoms. The first kappa shape index (κ1) is 22.2. The first-order chi connectivity index (χ1) is 15.6. The Hall–Kier alpha value is -3.04. The van der Waals surface area contributed by atoms with E-state index in [1.807, 2.05) is 22.8 Å². The van der Waals surface area contributed by atoms with Gasteiger partial charge in [0.15, 0.2) is 17.0 Å². The molecule has 2 aromatic heterocycles. The Bertz CT molecular complexity index is 1040. The molecule has 3 heterocycles. The van der Waals surface area contributed by atoms with E-state index in [1.54, 1.807) is 12.7 Å². The highest BCUT2D eigenvalue weighted by Crippen LogP contribution is 2.28. The Balaban J connectivity index is 1.62. The molecule has 9 nitrogen and oxygen atoms in total. The third kappa shape index (κ3) is 4.89. The van der Waals surface area contributed by atoms with Gasteiger partial charge in [-0.25, -0.2) is 15.0 Å². The van der Waals surface area contributed by atoms with E-state index in [0.29, 0.717) is 13.1 Å². The van der Waals surface area contributed by atoms with Crippen molar-refractivity contribution in [2.45, 2.75) is 39.6 Å². The van der Waals surface area contributed by atoms with Gasteiger partial charge in [0.25, 0.3) is 0 Å². The maximum Gasteiger partial charge on any atom is 0.302 e. The van der Waals surface area contributed by atoms with Gasteiger partial charge < -0.3 is 14.4 Å². The number of esters is 1. The van der Waals surface area contributed by atoms with Crippen LogP contribution in [0.4, 0.5) is 5.82 Å². The Labute approximate surface area is 188 Å². The highest BCUT2D eigenvalue weighted by atomic mass is 16.6. The van der Waals surface area contributed by atoms with Crippen molar-refractivity contribution < 1.29 is 14.3 Å². The number of imidazole rings is 1. The van der Waals surface area contributed by atoms with Gasteiger partial charge in [-0.15, -0.1) is 0 Å². The number of rotatable bonds is 8. The molecule has 0 unspecified atom stereocenters. The summed E-state index contributed by atoms with van der Waals surface area (Å²) in [6, 6.07) is 10.3. The van der Waals surface area contributed by atoms with Crippen molar-refractivity contribution in [2.24, 2.45) is 0 Å². The standard InChI is InChI=1S/C23H30N6O3/c1-4-28(5-2)22-21-23(25-15-24-22)29(16-26-21)20-13-27(11-18-9-7-6-8-10-18)12-19(32-20)14-31-17(3)30/h6-10,15-16,19-20H,4-5,11-14H2,1-3H3/t19-,20+/m0/s1. The van der Waals surface area contributed by atoms with Crippen LogP contribution in [-0.2, 0) is 20.8 Å². The van der Waals surface area contributed by atoms with E-state index in [4.69, 9.17) is 9.47 Å². The van der Waals surface area contributed by atoms with Gasteiger partial charge in [-0.2, -0.15) is 0 Å². The van der Waals surface area contributed by atoms with Crippen molar-refractivity contribution >= 4 is 23.0 Å². The van der Waals surface area contributed by atoms with Crippen molar-refractivity contribution in [3.63, 3.8) is 0 Å². The highest BCUT2D eigenvalue weighted by Gasteiger charge is 2.31. The number of hydrogen-bond acceptors (Lipinski definition) is 8. The third-order valence-electron chi connectivity index (χ3n) is 5.66. The number of fused-ring (bicyclic) bond motifs is 1. The average molecular weight is 439 g/mol. The fourth-order valence-corrected chi connectivity index (χ4v) is 4.12. The van der Waals surface area contributed by atoms with Gasteiger partial charge in [0, 0.05) is 39.6 Å². The van der Waals surface area contributed by atoms with Gasteiger partial charge in [-0.3, -0.25) is 14.3 Å². The zero-order chi connectivity index (χ0) is 22.5. The monoisotopic (exact) mass is 438 g/mol. The summed E-state index contributed by atoms with van der Waals surface area (Å²) in [5.74, 6) is 0.516. The molecule has 9 heteroatoms. The van der Waals surface area contributed by atoms with E-state index in [2.05, 4.69) is 50.7 Å². The maximum atomic E-state index is 11.4. The van der Waals surface area contributed by atoms with Gasteiger partial charge >= 0.3 is 5.97 Å². The van der Waals surface area contributed by atoms with Gasteiger partial charge in [-0.05, 0) is 19.4 Å². The van der Waals surface area contributed by atoms with Crippen LogP contribution in [0.1, 0.15) is 32.6 Å². The molecule has 1 aromatic carbocycles. The Morgan fingerprint density at radius 3 is 2.66 bits per heavy atom. The van der Waals surface area contributed by atoms with Crippen molar-refractivity contribution in [2.75, 3.05) is 37.7 Å². The molecule has 0 spiro atoms. The van der Waals surface area contributed by atoms with Crippen LogP contribution in [0, 0.1) is 0 Å². The lowest BCUT2D eigenvalue weighted by Gasteiger charge is -2.38. The van der Waals surface area contributed by atoms with Crippen molar-refractivity contribution in [1.29, 1.82) is 0 Å². The van der Waals surface area contributed by atoms with Crippen LogP contribution >= 0.6 is 0 Å². The van der Waals surface area contributed by atoms with E-state index >= 15 is 0 Å². The Kier molecular flexibility index (Phi) is 6.96. The molecule has 0 aliphatic carbocycles. The zero-order valence-electron chi connectivity index (χ0n) is 18.8. The van der Waals surface area contributed by atoms with Crippen molar-refractivity contribution in [1.82, 2.24) is 24.4 Å². The molecule has 170 valence electrons. The quantitative estimate of drug-likeness (QED) is 0.496. The van der Waals surface area contributed by atoms with Crippen LogP contribution in [0.3, 0.4) is 0 Å². The number of benzene rings is 1. The summed E-state index contributed by atoms with van der Waals surface area (Å²) < 4.78 is 13.6. The van der Waals surface area contributed by atoms with Crippen LogP contribution < -0.4 is 4.90 Å². The number of hydrogen-bond donors (Lipinski definition) is 0. The van der Waals surface area contributed by atoms with E-state index in [-0.39, 0.29) is 24.9 Å². The van der Waals surface area contributed by atoms with E-state index < -0.39 is 0 Å². The molecule has 0 saturated carbocycles. The predicted molar refractivity (Wildman–Crippen MR) is 121 cm³/mol. The predicted octanol–water partition coefficient (Wildman–Crippen LogP) is 2.64. The molecule has 3 aromatic rings. The average Bonchev–Trinajstić information content (AvgIpc) is 3.24. The molecule has 0 N–H and O–H groups in total. The first-order valence-electron chi connectivity index (χ1n) is 11.1. The Morgan fingerprint density at radius 2 is 1.94 bits per heavy atom. The lowest BCUT2D eigenvalue weighted by atomic mass is 10.2. The van der Waals surface area contributed by atoms with Gasteiger partial charge in [0.05, 0.1) is 6.33 Å². The minimum absolute atomic E-state index is 0.212. The molecule has 2 atom stereocenters. The molecule has 4 rings (SSSR count). The number of carbonyl (C=O) groups is 1. The van der Waals surface area contributed by atoms with Gasteiger partial charge in [0.2, 0.25) is 0 Å². The summed E-state index contributed by atoms with van der Waals surface area (Å²) in [5.41, 5.74) is 2.72. The number of ether oxygens (including phenoxy) is 2. The number of morpholine rings is 1. The van der Waals surface area contributed by atoms with Gasteiger partial charge in [0.1, 0.15) is 25.3 Å². The van der Waals surface area contributed by atoms with Crippen LogP contribution in [0.25, 0.3) is 11.2 Å². The van der Waals surface area contributed by atoms with Gasteiger partial charge in [-0.1, -0.05) is 30.3 Å². The molecule has 32 heavy (non-hydrogen) atoms. The van der Waals surface area contributed by atoms with Crippen LogP contribution in [-0.4, -0.2) is 69.3 Å². The molecule has 1 aliphatic heterocycles. The van der Waals surface area contributed by atoms with E-state index in [9.17, 15) is 4.79 Å². The molecule has 0 radical (unpaired) electrons. The summed E-state index contributed by atoms with van der Waals surface area (Å²) in [6.45, 7) is 9.62. The fourth-order valence-electron chi connectivity index (χ4n) is 4.12. The normalized spacial score (nSPS) is 19.2. The largest absolute Gasteiger partial charge is 0.463 e. The zero-order valence-corrected chi connectivity index (χ0v) is 18.8. The van der Waals surface area contributed by atoms with E-state index in [0.717, 1.165) is 36.6 Å². The van der Waals surface area contributed by atoms with Crippen molar-refractivity contribution in [3.05, 3.63) is 48.5 Å². The summed E-state index contributed by atoms with van der Waals surface area (Å²) >= 11 is 0. The summed E-state index contributed by atoms with van der Waals surface area (Å²) in [7, 11) is 0. The summed E-state index contributed by atoms with van der Waals surface area (Å²) in [5, 5.41) is 0. The third-order valence-corrected chi connectivity index (χ3v) is 5.66. The lowest BCUT2D eigenvalue weighted by Crippen LogP contribution is -2.47. The van der Waals surface area contributed by atoms with E-state index in [1.165, 1.54) is 12.5 Å². The molecular weight excluding hydrogens is 408 g/mol. The molecular formula is C23H30N6O3. The number of anilines is 1. The van der Waals surface area contributed by atoms with Crippen molar-refractivity contribution in [3.8, 4) is 0 Å². The highest BCUT2D eigenvalue weighted by molar-refractivity contribution is 5.83. The summed E-state index contributed by atoms with van der Waals surface area (Å²) in [6.07, 6.45) is 2.79. The topological polar surface area (TPSA) is 85.6 Å². The second kappa shape index (κ2) is 10.1. The minimum Gasteiger partial charge on any atom is -0.463 e. The minimum atomic E-state index is -0.310. The van der Waals surface area contributed by atoms with Crippen LogP contribution in [0.2, 0.25) is 0 Å². The Morgan fingerprint density at radius 1 is 1.16 bits per heavy atom. The van der Waals surface area contributed by atoms with Crippen LogP contribution in [0.15, 0.2) is 43.0 Å². The molecule has 1 saturated heterocycles. The first-order valence-corrected chi connectivity index (χ1v) is 11.1. The SMILES string of the molecule is CCN(CC)c1ncnc2c1ncn2[C@H]1CN(Cc2ccccc2)C[C@@H](COC(C)=O)O1. The lowest BCUT2D eigenvalue weighted by molar-refractivity contribution is -0.162. The number of carbonyl (C=O) groups excluding carboxylic acids is 1. The second-order valence-corrected chi connectivity index (χ2v) is 7.89. The number of nitrogens with zero attached hydrogens (tertiary/aromatic N) is 6. The molecule has 1 fully saturated rings. The molecule has 0 amide bonds. The molecule has 1 aliphatic rings. The number of aromatic nitrogens is 4. The fraction of sp³-hybridized carbons (Fsp3) is 0.478. The summed E-state index contributed by atoms with van der Waals surface area (Å²) in [4.78, 5) is 29.5.